The number of carbonyl (C=O) groups excluding carboxylic acids is 2. The number of pyridine rings is 1. The van der Waals surface area contributed by atoms with E-state index in [0.29, 0.717) is 29.4 Å². The Labute approximate surface area is 222 Å². The number of amides is 2. The minimum absolute atomic E-state index is 0.0381. The zero-order valence-electron chi connectivity index (χ0n) is 21.4. The molecule has 196 valence electrons. The first-order chi connectivity index (χ1) is 18.6. The quantitative estimate of drug-likeness (QED) is 0.333. The molecule has 2 saturated heterocycles. The Morgan fingerprint density at radius 2 is 1.95 bits per heavy atom. The van der Waals surface area contributed by atoms with E-state index in [1.165, 1.54) is 12.8 Å². The smallest absolute Gasteiger partial charge is 0.254 e. The SMILES string of the molecule is O=C1NCCc2[nH]c(-c3ccnc(/C=N/Nc4ccc(C(=O)N5CCC[C@@H]5CN5CCCC5)cc4)c3)cc21. The van der Waals surface area contributed by atoms with E-state index in [0.717, 1.165) is 68.1 Å². The van der Waals surface area contributed by atoms with Crippen molar-refractivity contribution < 1.29 is 9.59 Å². The van der Waals surface area contributed by atoms with Gasteiger partial charge >= 0.3 is 0 Å². The lowest BCUT2D eigenvalue weighted by molar-refractivity contribution is 0.0708. The van der Waals surface area contributed by atoms with Crippen LogP contribution < -0.4 is 10.7 Å². The van der Waals surface area contributed by atoms with Crippen molar-refractivity contribution in [1.29, 1.82) is 0 Å². The minimum Gasteiger partial charge on any atom is -0.358 e. The standard InChI is InChI=1S/C29H33N7O2/c37-28-25-17-27(33-26(25)10-12-31-28)21-9-11-30-23(16-21)18-32-34-22-7-5-20(6-8-22)29(38)36-15-3-4-24(36)19-35-13-1-2-14-35/h5-9,11,16-18,24,33-34H,1-4,10,12-15,19H2,(H,31,37)/b32-18+/t24-/m1/s1. The van der Waals surface area contributed by atoms with Gasteiger partial charge in [0.25, 0.3) is 11.8 Å². The predicted molar refractivity (Wildman–Crippen MR) is 147 cm³/mol. The topological polar surface area (TPSA) is 106 Å². The number of nitrogens with zero attached hydrogens (tertiary/aromatic N) is 4. The number of rotatable bonds is 7. The van der Waals surface area contributed by atoms with Crippen LogP contribution >= 0.6 is 0 Å². The number of hydrogen-bond donors (Lipinski definition) is 3. The van der Waals surface area contributed by atoms with Gasteiger partial charge in [-0.05, 0) is 81.2 Å². The maximum absolute atomic E-state index is 13.2. The number of aromatic nitrogens is 2. The van der Waals surface area contributed by atoms with E-state index in [4.69, 9.17) is 0 Å². The Bertz CT molecular complexity index is 1340. The zero-order valence-corrected chi connectivity index (χ0v) is 21.4. The maximum Gasteiger partial charge on any atom is 0.254 e. The van der Waals surface area contributed by atoms with Gasteiger partial charge in [0, 0.05) is 60.8 Å². The van der Waals surface area contributed by atoms with Crippen LogP contribution in [-0.2, 0) is 6.42 Å². The molecular formula is C29H33N7O2. The molecule has 0 unspecified atom stereocenters. The van der Waals surface area contributed by atoms with Crippen molar-refractivity contribution >= 4 is 23.7 Å². The van der Waals surface area contributed by atoms with Crippen molar-refractivity contribution in [1.82, 2.24) is 25.1 Å². The summed E-state index contributed by atoms with van der Waals surface area (Å²) in [5.74, 6) is 0.0788. The highest BCUT2D eigenvalue weighted by Gasteiger charge is 2.31. The first-order valence-electron chi connectivity index (χ1n) is 13.5. The average molecular weight is 512 g/mol. The largest absolute Gasteiger partial charge is 0.358 e. The highest BCUT2D eigenvalue weighted by atomic mass is 16.2. The number of H-pyrrole nitrogens is 1. The van der Waals surface area contributed by atoms with E-state index in [9.17, 15) is 9.59 Å². The van der Waals surface area contributed by atoms with Gasteiger partial charge < -0.3 is 20.1 Å². The van der Waals surface area contributed by atoms with Crippen LogP contribution in [0.4, 0.5) is 5.69 Å². The zero-order chi connectivity index (χ0) is 25.9. The molecule has 3 N–H and O–H groups in total. The van der Waals surface area contributed by atoms with Gasteiger partial charge in [0.05, 0.1) is 23.2 Å². The van der Waals surface area contributed by atoms with Crippen molar-refractivity contribution in [3.05, 3.63) is 71.2 Å². The molecule has 0 radical (unpaired) electrons. The van der Waals surface area contributed by atoms with Crippen LogP contribution in [0.15, 0.2) is 53.8 Å². The third kappa shape index (κ3) is 5.19. The molecule has 1 atom stereocenters. The number of hydrazone groups is 1. The third-order valence-electron chi connectivity index (χ3n) is 7.72. The second kappa shape index (κ2) is 10.8. The highest BCUT2D eigenvalue weighted by Crippen LogP contribution is 2.25. The summed E-state index contributed by atoms with van der Waals surface area (Å²) in [5, 5.41) is 7.21. The van der Waals surface area contributed by atoms with Crippen LogP contribution in [0, 0.1) is 0 Å². The molecule has 0 saturated carbocycles. The van der Waals surface area contributed by atoms with Crippen molar-refractivity contribution in [3.63, 3.8) is 0 Å². The van der Waals surface area contributed by atoms with E-state index in [1.807, 2.05) is 42.5 Å². The summed E-state index contributed by atoms with van der Waals surface area (Å²) < 4.78 is 0. The van der Waals surface area contributed by atoms with Crippen LogP contribution in [-0.4, -0.2) is 76.6 Å². The van der Waals surface area contributed by atoms with Crippen LogP contribution in [0.3, 0.4) is 0 Å². The van der Waals surface area contributed by atoms with Gasteiger partial charge in [-0.25, -0.2) is 0 Å². The third-order valence-corrected chi connectivity index (χ3v) is 7.72. The van der Waals surface area contributed by atoms with E-state index < -0.39 is 0 Å². The lowest BCUT2D eigenvalue weighted by Gasteiger charge is -2.28. The fourth-order valence-electron chi connectivity index (χ4n) is 5.72. The summed E-state index contributed by atoms with van der Waals surface area (Å²) >= 11 is 0. The Hall–Kier alpha value is -3.98. The molecule has 2 amide bonds. The molecule has 0 bridgehead atoms. The van der Waals surface area contributed by atoms with E-state index in [1.54, 1.807) is 12.4 Å². The van der Waals surface area contributed by atoms with Gasteiger partial charge in [-0.3, -0.25) is 20.0 Å². The number of fused-ring (bicyclic) bond motifs is 1. The number of likely N-dealkylation sites (tertiary alicyclic amines) is 2. The van der Waals surface area contributed by atoms with Gasteiger partial charge in [0.15, 0.2) is 0 Å². The molecule has 1 aromatic carbocycles. The summed E-state index contributed by atoms with van der Waals surface area (Å²) in [6.07, 6.45) is 8.90. The van der Waals surface area contributed by atoms with Crippen molar-refractivity contribution in [2.75, 3.05) is 38.1 Å². The van der Waals surface area contributed by atoms with Crippen molar-refractivity contribution in [2.45, 2.75) is 38.1 Å². The van der Waals surface area contributed by atoms with Crippen LogP contribution in [0.25, 0.3) is 11.3 Å². The average Bonchev–Trinajstić information content (AvgIpc) is 3.71. The van der Waals surface area contributed by atoms with Crippen molar-refractivity contribution in [3.8, 4) is 11.3 Å². The highest BCUT2D eigenvalue weighted by molar-refractivity contribution is 5.98. The number of hydrogen-bond acceptors (Lipinski definition) is 6. The maximum atomic E-state index is 13.2. The van der Waals surface area contributed by atoms with Crippen LogP contribution in [0.5, 0.6) is 0 Å². The molecule has 6 rings (SSSR count). The molecule has 3 aromatic rings. The number of nitrogens with one attached hydrogen (secondary N) is 3. The first kappa shape index (κ1) is 24.4. The summed E-state index contributed by atoms with van der Waals surface area (Å²) in [5.41, 5.74) is 8.72. The van der Waals surface area contributed by atoms with Crippen molar-refractivity contribution in [2.24, 2.45) is 5.10 Å². The van der Waals surface area contributed by atoms with E-state index in [2.05, 4.69) is 35.6 Å². The number of aromatic amines is 1. The normalized spacial score (nSPS) is 19.6. The van der Waals surface area contributed by atoms with Gasteiger partial charge in [-0.15, -0.1) is 0 Å². The molecule has 2 aromatic heterocycles. The molecule has 38 heavy (non-hydrogen) atoms. The van der Waals surface area contributed by atoms with E-state index in [-0.39, 0.29) is 11.8 Å². The summed E-state index contributed by atoms with van der Waals surface area (Å²) in [7, 11) is 0. The monoisotopic (exact) mass is 511 g/mol. The van der Waals surface area contributed by atoms with Gasteiger partial charge in [-0.1, -0.05) is 0 Å². The number of anilines is 1. The molecular weight excluding hydrogens is 478 g/mol. The molecule has 2 fully saturated rings. The number of benzene rings is 1. The Morgan fingerprint density at radius 1 is 1.11 bits per heavy atom. The van der Waals surface area contributed by atoms with Gasteiger partial charge in [0.2, 0.25) is 0 Å². The molecule has 3 aliphatic heterocycles. The van der Waals surface area contributed by atoms with Gasteiger partial charge in [0.1, 0.15) is 0 Å². The second-order valence-corrected chi connectivity index (χ2v) is 10.3. The lowest BCUT2D eigenvalue weighted by Crippen LogP contribution is -2.42. The van der Waals surface area contributed by atoms with Gasteiger partial charge in [-0.2, -0.15) is 5.10 Å². The Morgan fingerprint density at radius 3 is 2.76 bits per heavy atom. The minimum atomic E-state index is -0.0381. The second-order valence-electron chi connectivity index (χ2n) is 10.3. The Kier molecular flexibility index (Phi) is 6.92. The molecule has 5 heterocycles. The van der Waals surface area contributed by atoms with Crippen LogP contribution in [0.2, 0.25) is 0 Å². The first-order valence-corrected chi connectivity index (χ1v) is 13.5. The Balaban J connectivity index is 1.07. The van der Waals surface area contributed by atoms with E-state index >= 15 is 0 Å². The molecule has 0 spiro atoms. The lowest BCUT2D eigenvalue weighted by atomic mass is 10.1. The fraction of sp³-hybridized carbons (Fsp3) is 0.379. The molecule has 0 aliphatic carbocycles. The summed E-state index contributed by atoms with van der Waals surface area (Å²) in [4.78, 5) is 37.6. The summed E-state index contributed by atoms with van der Waals surface area (Å²) in [6.45, 7) is 4.80. The van der Waals surface area contributed by atoms with Crippen LogP contribution in [0.1, 0.15) is 57.8 Å². The molecule has 3 aliphatic rings. The predicted octanol–water partition coefficient (Wildman–Crippen LogP) is 3.51. The number of carbonyl (C=O) groups is 2. The fourth-order valence-corrected chi connectivity index (χ4v) is 5.72. The summed E-state index contributed by atoms with van der Waals surface area (Å²) in [6, 6.07) is 13.5. The molecule has 9 heteroatoms. The molecule has 9 nitrogen and oxygen atoms in total.